The maximum absolute atomic E-state index is 11.8. The molecule has 0 fully saturated rings. The molecule has 4 nitrogen and oxygen atoms in total. The van der Waals surface area contributed by atoms with Crippen LogP contribution in [0.5, 0.6) is 0 Å². The molecule has 1 aromatic rings. The standard InChI is InChI=1S/C16H26N2O2/c1-5-15(19)12-18(6-2)11-13-7-9-14(10-8-13)16(20)17(3)4/h7-10,15,19H,5-6,11-12H2,1-4H3. The molecule has 0 aliphatic rings. The highest BCUT2D eigenvalue weighted by molar-refractivity contribution is 5.93. The third-order valence-electron chi connectivity index (χ3n) is 3.40. The number of rotatable bonds is 7. The lowest BCUT2D eigenvalue weighted by Crippen LogP contribution is -2.31. The molecule has 1 unspecified atom stereocenters. The van der Waals surface area contributed by atoms with Gasteiger partial charge in [0.1, 0.15) is 0 Å². The SMILES string of the molecule is CCC(O)CN(CC)Cc1ccc(C(=O)N(C)C)cc1. The van der Waals surface area contributed by atoms with E-state index in [9.17, 15) is 9.90 Å². The molecule has 1 atom stereocenters. The zero-order valence-corrected chi connectivity index (χ0v) is 13.0. The maximum Gasteiger partial charge on any atom is 0.253 e. The Hall–Kier alpha value is -1.39. The minimum Gasteiger partial charge on any atom is -0.392 e. The van der Waals surface area contributed by atoms with E-state index in [-0.39, 0.29) is 12.0 Å². The molecule has 20 heavy (non-hydrogen) atoms. The van der Waals surface area contributed by atoms with Gasteiger partial charge in [0, 0.05) is 32.7 Å². The predicted molar refractivity (Wildman–Crippen MR) is 81.7 cm³/mol. The molecule has 0 saturated heterocycles. The molecule has 0 heterocycles. The Bertz CT molecular complexity index is 415. The van der Waals surface area contributed by atoms with Crippen molar-refractivity contribution in [3.8, 4) is 0 Å². The molecule has 1 N–H and O–H groups in total. The molecule has 1 amide bonds. The van der Waals surface area contributed by atoms with Crippen molar-refractivity contribution in [2.24, 2.45) is 0 Å². The van der Waals surface area contributed by atoms with Crippen molar-refractivity contribution >= 4 is 5.91 Å². The molecule has 4 heteroatoms. The first kappa shape index (κ1) is 16.7. The second-order valence-corrected chi connectivity index (χ2v) is 5.29. The van der Waals surface area contributed by atoms with E-state index >= 15 is 0 Å². The summed E-state index contributed by atoms with van der Waals surface area (Å²) in [7, 11) is 3.50. The Kier molecular flexibility index (Phi) is 6.68. The van der Waals surface area contributed by atoms with Crippen LogP contribution in [0.3, 0.4) is 0 Å². The fourth-order valence-corrected chi connectivity index (χ4v) is 2.00. The van der Waals surface area contributed by atoms with Crippen LogP contribution in [-0.2, 0) is 6.54 Å². The van der Waals surface area contributed by atoms with Crippen molar-refractivity contribution in [2.75, 3.05) is 27.2 Å². The molecule has 0 radical (unpaired) electrons. The third kappa shape index (κ3) is 4.94. The van der Waals surface area contributed by atoms with E-state index in [1.807, 2.05) is 31.2 Å². The van der Waals surface area contributed by atoms with Gasteiger partial charge < -0.3 is 10.0 Å². The van der Waals surface area contributed by atoms with E-state index in [1.54, 1.807) is 19.0 Å². The van der Waals surface area contributed by atoms with Crippen LogP contribution in [0.15, 0.2) is 24.3 Å². The first-order chi connectivity index (χ1) is 9.47. The van der Waals surface area contributed by atoms with E-state index in [4.69, 9.17) is 0 Å². The van der Waals surface area contributed by atoms with Gasteiger partial charge in [0.2, 0.25) is 0 Å². The quantitative estimate of drug-likeness (QED) is 0.829. The second kappa shape index (κ2) is 8.02. The van der Waals surface area contributed by atoms with Gasteiger partial charge in [-0.2, -0.15) is 0 Å². The van der Waals surface area contributed by atoms with Crippen molar-refractivity contribution in [3.63, 3.8) is 0 Å². The number of hydrogen-bond donors (Lipinski definition) is 1. The number of carbonyl (C=O) groups is 1. The molecule has 0 aliphatic carbocycles. The van der Waals surface area contributed by atoms with Gasteiger partial charge in [-0.05, 0) is 30.7 Å². The Balaban J connectivity index is 2.66. The zero-order chi connectivity index (χ0) is 15.1. The lowest BCUT2D eigenvalue weighted by molar-refractivity contribution is 0.0827. The number of aliphatic hydroxyl groups is 1. The minimum absolute atomic E-state index is 0.0188. The summed E-state index contributed by atoms with van der Waals surface area (Å²) in [6, 6.07) is 7.69. The normalized spacial score (nSPS) is 12.5. The summed E-state index contributed by atoms with van der Waals surface area (Å²) >= 11 is 0. The van der Waals surface area contributed by atoms with Gasteiger partial charge in [0.15, 0.2) is 0 Å². The monoisotopic (exact) mass is 278 g/mol. The van der Waals surface area contributed by atoms with E-state index in [0.717, 1.165) is 25.1 Å². The molecule has 1 rings (SSSR count). The summed E-state index contributed by atoms with van der Waals surface area (Å²) in [5.41, 5.74) is 1.86. The minimum atomic E-state index is -0.274. The average molecular weight is 278 g/mol. The number of likely N-dealkylation sites (N-methyl/N-ethyl adjacent to an activating group) is 1. The van der Waals surface area contributed by atoms with Gasteiger partial charge in [0.25, 0.3) is 5.91 Å². The van der Waals surface area contributed by atoms with Crippen LogP contribution in [0, 0.1) is 0 Å². The highest BCUT2D eigenvalue weighted by Gasteiger charge is 2.11. The third-order valence-corrected chi connectivity index (χ3v) is 3.40. The van der Waals surface area contributed by atoms with Crippen molar-refractivity contribution in [1.82, 2.24) is 9.80 Å². The molecule has 112 valence electrons. The lowest BCUT2D eigenvalue weighted by atomic mass is 10.1. The second-order valence-electron chi connectivity index (χ2n) is 5.29. The molecular weight excluding hydrogens is 252 g/mol. The van der Waals surface area contributed by atoms with Gasteiger partial charge >= 0.3 is 0 Å². The van der Waals surface area contributed by atoms with Gasteiger partial charge in [-0.3, -0.25) is 9.69 Å². The van der Waals surface area contributed by atoms with Crippen molar-refractivity contribution in [1.29, 1.82) is 0 Å². The topological polar surface area (TPSA) is 43.8 Å². The number of carbonyl (C=O) groups excluding carboxylic acids is 1. The smallest absolute Gasteiger partial charge is 0.253 e. The maximum atomic E-state index is 11.8. The van der Waals surface area contributed by atoms with Crippen molar-refractivity contribution in [3.05, 3.63) is 35.4 Å². The van der Waals surface area contributed by atoms with Crippen LogP contribution in [-0.4, -0.2) is 54.1 Å². The fourth-order valence-electron chi connectivity index (χ4n) is 2.00. The Morgan fingerprint density at radius 1 is 1.20 bits per heavy atom. The first-order valence-electron chi connectivity index (χ1n) is 7.18. The number of amides is 1. The van der Waals surface area contributed by atoms with E-state index < -0.39 is 0 Å². The molecule has 0 aliphatic heterocycles. The number of hydrogen-bond acceptors (Lipinski definition) is 3. The molecule has 0 spiro atoms. The number of aliphatic hydroxyl groups excluding tert-OH is 1. The van der Waals surface area contributed by atoms with Crippen LogP contribution in [0.2, 0.25) is 0 Å². The summed E-state index contributed by atoms with van der Waals surface area (Å²) in [6.45, 7) is 6.46. The Morgan fingerprint density at radius 2 is 1.80 bits per heavy atom. The van der Waals surface area contributed by atoms with E-state index in [1.165, 1.54) is 0 Å². The van der Waals surface area contributed by atoms with Crippen LogP contribution in [0.1, 0.15) is 36.2 Å². The summed E-state index contributed by atoms with van der Waals surface area (Å²) in [6.07, 6.45) is 0.497. The largest absolute Gasteiger partial charge is 0.392 e. The summed E-state index contributed by atoms with van der Waals surface area (Å²) in [5.74, 6) is 0.0188. The van der Waals surface area contributed by atoms with E-state index in [2.05, 4.69) is 11.8 Å². The average Bonchev–Trinajstić information content (AvgIpc) is 2.46. The predicted octanol–water partition coefficient (Wildman–Crippen LogP) is 1.98. The van der Waals surface area contributed by atoms with Crippen LogP contribution in [0.25, 0.3) is 0 Å². The van der Waals surface area contributed by atoms with Gasteiger partial charge in [-0.1, -0.05) is 26.0 Å². The molecular formula is C16H26N2O2. The zero-order valence-electron chi connectivity index (χ0n) is 13.0. The Labute approximate surface area is 122 Å². The van der Waals surface area contributed by atoms with Gasteiger partial charge in [0.05, 0.1) is 6.10 Å². The number of nitrogens with zero attached hydrogens (tertiary/aromatic N) is 2. The van der Waals surface area contributed by atoms with Crippen molar-refractivity contribution in [2.45, 2.75) is 32.9 Å². The van der Waals surface area contributed by atoms with Crippen LogP contribution >= 0.6 is 0 Å². The molecule has 0 saturated carbocycles. The van der Waals surface area contributed by atoms with Crippen LogP contribution in [0.4, 0.5) is 0 Å². The molecule has 1 aromatic carbocycles. The first-order valence-corrected chi connectivity index (χ1v) is 7.18. The highest BCUT2D eigenvalue weighted by atomic mass is 16.3. The lowest BCUT2D eigenvalue weighted by Gasteiger charge is -2.23. The van der Waals surface area contributed by atoms with Gasteiger partial charge in [-0.15, -0.1) is 0 Å². The summed E-state index contributed by atoms with van der Waals surface area (Å²) in [5, 5.41) is 9.72. The highest BCUT2D eigenvalue weighted by Crippen LogP contribution is 2.10. The van der Waals surface area contributed by atoms with Crippen molar-refractivity contribution < 1.29 is 9.90 Å². The fraction of sp³-hybridized carbons (Fsp3) is 0.562. The number of benzene rings is 1. The summed E-state index contributed by atoms with van der Waals surface area (Å²) < 4.78 is 0. The van der Waals surface area contributed by atoms with E-state index in [0.29, 0.717) is 12.1 Å². The van der Waals surface area contributed by atoms with Crippen LogP contribution < -0.4 is 0 Å². The summed E-state index contributed by atoms with van der Waals surface area (Å²) in [4.78, 5) is 15.6. The van der Waals surface area contributed by atoms with Gasteiger partial charge in [-0.25, -0.2) is 0 Å². The Morgan fingerprint density at radius 3 is 2.25 bits per heavy atom. The molecule has 0 bridgehead atoms. The molecule has 0 aromatic heterocycles.